The third-order valence-corrected chi connectivity index (χ3v) is 7.13. The third-order valence-electron chi connectivity index (χ3n) is 6.88. The van der Waals surface area contributed by atoms with E-state index in [-0.39, 0.29) is 5.41 Å². The zero-order chi connectivity index (χ0) is 17.7. The molecule has 0 aromatic heterocycles. The number of piperidine rings is 1. The lowest BCUT2D eigenvalue weighted by Crippen LogP contribution is -2.59. The molecule has 1 heterocycles. The number of hydrogen-bond acceptors (Lipinski definition) is 3. The topological polar surface area (TPSA) is 44.3 Å². The monoisotopic (exact) mass is 368 g/mol. The first kappa shape index (κ1) is 16.5. The molecule has 3 N–H and O–H groups in total. The van der Waals surface area contributed by atoms with Gasteiger partial charge in [-0.2, -0.15) is 0 Å². The Bertz CT molecular complexity index is 831. The van der Waals surface area contributed by atoms with Crippen LogP contribution in [0.5, 0.6) is 5.75 Å². The largest absolute Gasteiger partial charge is 0.506 e. The SMILES string of the molecule is Oc1cc2c(cc1Nc1ccc(Cl)cc1)C[C@H]1NCC[C@@]23CCCC[C@@H]13. The predicted molar refractivity (Wildman–Crippen MR) is 107 cm³/mol. The highest BCUT2D eigenvalue weighted by Crippen LogP contribution is 2.55. The van der Waals surface area contributed by atoms with Gasteiger partial charge in [0.25, 0.3) is 0 Å². The molecule has 26 heavy (non-hydrogen) atoms. The Kier molecular flexibility index (Phi) is 3.91. The summed E-state index contributed by atoms with van der Waals surface area (Å²) in [4.78, 5) is 0. The maximum absolute atomic E-state index is 10.8. The molecule has 2 aromatic carbocycles. The fourth-order valence-corrected chi connectivity index (χ4v) is 5.89. The summed E-state index contributed by atoms with van der Waals surface area (Å²) in [5.74, 6) is 1.08. The number of phenolic OH excluding ortho intramolecular Hbond substituents is 1. The Morgan fingerprint density at radius 2 is 1.96 bits per heavy atom. The fraction of sp³-hybridized carbons (Fsp3) is 0.455. The van der Waals surface area contributed by atoms with Gasteiger partial charge in [0, 0.05) is 22.2 Å². The third kappa shape index (κ3) is 2.52. The van der Waals surface area contributed by atoms with E-state index >= 15 is 0 Å². The molecule has 0 radical (unpaired) electrons. The van der Waals surface area contributed by atoms with Gasteiger partial charge in [-0.25, -0.2) is 0 Å². The summed E-state index contributed by atoms with van der Waals surface area (Å²) >= 11 is 5.98. The smallest absolute Gasteiger partial charge is 0.139 e. The number of phenols is 1. The van der Waals surface area contributed by atoms with Crippen LogP contribution in [-0.2, 0) is 11.8 Å². The van der Waals surface area contributed by atoms with E-state index in [2.05, 4.69) is 22.8 Å². The predicted octanol–water partition coefficient (Wildman–Crippen LogP) is 5.14. The minimum absolute atomic E-state index is 0.276. The van der Waals surface area contributed by atoms with Crippen molar-refractivity contribution in [3.63, 3.8) is 0 Å². The zero-order valence-corrected chi connectivity index (χ0v) is 15.6. The average molecular weight is 369 g/mol. The molecule has 0 amide bonds. The summed E-state index contributed by atoms with van der Waals surface area (Å²) in [5.41, 5.74) is 4.81. The molecular formula is C22H25ClN2O. The first-order valence-electron chi connectivity index (χ1n) is 9.78. The van der Waals surface area contributed by atoms with Crippen molar-refractivity contribution in [3.05, 3.63) is 52.5 Å². The Balaban J connectivity index is 1.55. The fourth-order valence-electron chi connectivity index (χ4n) is 5.76. The molecule has 5 rings (SSSR count). The normalized spacial score (nSPS) is 29.6. The van der Waals surface area contributed by atoms with E-state index in [4.69, 9.17) is 11.6 Å². The van der Waals surface area contributed by atoms with Gasteiger partial charge in [-0.15, -0.1) is 0 Å². The van der Waals surface area contributed by atoms with Crippen molar-refractivity contribution in [1.82, 2.24) is 5.32 Å². The number of hydrogen-bond donors (Lipinski definition) is 3. The van der Waals surface area contributed by atoms with Crippen LogP contribution in [-0.4, -0.2) is 17.7 Å². The number of rotatable bonds is 2. The van der Waals surface area contributed by atoms with Crippen LogP contribution < -0.4 is 10.6 Å². The number of benzene rings is 2. The van der Waals surface area contributed by atoms with Gasteiger partial charge in [0.05, 0.1) is 5.69 Å². The lowest BCUT2D eigenvalue weighted by molar-refractivity contribution is 0.0796. The molecule has 3 nitrogen and oxygen atoms in total. The van der Waals surface area contributed by atoms with Crippen LogP contribution in [0.25, 0.3) is 0 Å². The molecule has 0 unspecified atom stereocenters. The molecule has 136 valence electrons. The second kappa shape index (κ2) is 6.17. The second-order valence-corrected chi connectivity index (χ2v) is 8.62. The van der Waals surface area contributed by atoms with Gasteiger partial charge in [-0.3, -0.25) is 0 Å². The van der Waals surface area contributed by atoms with Gasteiger partial charge in [-0.05, 0) is 85.7 Å². The van der Waals surface area contributed by atoms with Gasteiger partial charge >= 0.3 is 0 Å². The zero-order valence-electron chi connectivity index (χ0n) is 14.9. The summed E-state index contributed by atoms with van der Waals surface area (Å²) in [7, 11) is 0. The maximum Gasteiger partial charge on any atom is 0.139 e. The van der Waals surface area contributed by atoms with Crippen molar-refractivity contribution in [2.45, 2.75) is 50.0 Å². The molecule has 1 saturated carbocycles. The van der Waals surface area contributed by atoms with Crippen molar-refractivity contribution >= 4 is 23.0 Å². The summed E-state index contributed by atoms with van der Waals surface area (Å²) in [6.45, 7) is 1.10. The highest BCUT2D eigenvalue weighted by atomic mass is 35.5. The highest BCUT2D eigenvalue weighted by molar-refractivity contribution is 6.30. The summed E-state index contributed by atoms with van der Waals surface area (Å²) in [6.07, 6.45) is 7.52. The summed E-state index contributed by atoms with van der Waals surface area (Å²) in [6, 6.07) is 12.4. The molecule has 2 aliphatic carbocycles. The van der Waals surface area contributed by atoms with Gasteiger partial charge in [0.2, 0.25) is 0 Å². The van der Waals surface area contributed by atoms with Gasteiger partial charge in [-0.1, -0.05) is 24.4 Å². The Morgan fingerprint density at radius 3 is 2.81 bits per heavy atom. The van der Waals surface area contributed by atoms with Crippen LogP contribution in [0.1, 0.15) is 43.2 Å². The van der Waals surface area contributed by atoms with E-state index in [1.807, 2.05) is 24.3 Å². The minimum Gasteiger partial charge on any atom is -0.506 e. The number of halogens is 1. The molecular weight excluding hydrogens is 344 g/mol. The maximum atomic E-state index is 10.8. The van der Waals surface area contributed by atoms with E-state index in [0.717, 1.165) is 30.3 Å². The molecule has 0 spiro atoms. The Hall–Kier alpha value is -1.71. The summed E-state index contributed by atoms with van der Waals surface area (Å²) < 4.78 is 0. The second-order valence-electron chi connectivity index (χ2n) is 8.18. The first-order valence-corrected chi connectivity index (χ1v) is 10.2. The highest BCUT2D eigenvalue weighted by Gasteiger charge is 2.51. The van der Waals surface area contributed by atoms with Gasteiger partial charge in [0.1, 0.15) is 5.75 Å². The molecule has 2 bridgehead atoms. The van der Waals surface area contributed by atoms with Crippen LogP contribution in [0.4, 0.5) is 11.4 Å². The van der Waals surface area contributed by atoms with E-state index in [0.29, 0.717) is 16.8 Å². The van der Waals surface area contributed by atoms with E-state index in [1.54, 1.807) is 0 Å². The molecule has 1 aliphatic heterocycles. The van der Waals surface area contributed by atoms with Crippen LogP contribution >= 0.6 is 11.6 Å². The standard InChI is InChI=1S/C22H25ClN2O/c23-15-4-6-16(7-5-15)25-20-12-14-11-19-17-3-1-2-8-22(17,9-10-24-19)18(14)13-21(20)26/h4-7,12-13,17,19,24-26H,1-3,8-11H2/t17-,19+,22+/m0/s1. The number of nitrogens with one attached hydrogen (secondary N) is 2. The van der Waals surface area contributed by atoms with Crippen LogP contribution in [0.3, 0.4) is 0 Å². The first-order chi connectivity index (χ1) is 12.7. The lowest BCUT2D eigenvalue weighted by atomic mass is 9.53. The average Bonchev–Trinajstić information content (AvgIpc) is 2.65. The molecule has 1 saturated heterocycles. The molecule has 4 heteroatoms. The van der Waals surface area contributed by atoms with Gasteiger partial charge < -0.3 is 15.7 Å². The summed E-state index contributed by atoms with van der Waals surface area (Å²) in [5, 5.41) is 18.6. The molecule has 3 atom stereocenters. The molecule has 2 fully saturated rings. The Morgan fingerprint density at radius 1 is 1.12 bits per heavy atom. The van der Waals surface area contributed by atoms with Crippen molar-refractivity contribution in [1.29, 1.82) is 0 Å². The van der Waals surface area contributed by atoms with Crippen molar-refractivity contribution in [2.75, 3.05) is 11.9 Å². The number of fused-ring (bicyclic) bond motifs is 1. The quantitative estimate of drug-likeness (QED) is 0.643. The van der Waals surface area contributed by atoms with Crippen molar-refractivity contribution in [2.24, 2.45) is 5.92 Å². The van der Waals surface area contributed by atoms with E-state index in [1.165, 1.54) is 43.2 Å². The molecule has 3 aliphatic rings. The number of aromatic hydroxyl groups is 1. The lowest BCUT2D eigenvalue weighted by Gasteiger charge is -2.56. The van der Waals surface area contributed by atoms with Crippen LogP contribution in [0, 0.1) is 5.92 Å². The van der Waals surface area contributed by atoms with E-state index in [9.17, 15) is 5.11 Å². The number of anilines is 2. The van der Waals surface area contributed by atoms with E-state index < -0.39 is 0 Å². The van der Waals surface area contributed by atoms with Crippen LogP contribution in [0.15, 0.2) is 36.4 Å². The van der Waals surface area contributed by atoms with Crippen molar-refractivity contribution in [3.8, 4) is 5.75 Å². The molecule has 2 aromatic rings. The minimum atomic E-state index is 0.276. The van der Waals surface area contributed by atoms with Crippen LogP contribution in [0.2, 0.25) is 5.02 Å². The van der Waals surface area contributed by atoms with Crippen molar-refractivity contribution < 1.29 is 5.11 Å². The van der Waals surface area contributed by atoms with Gasteiger partial charge in [0.15, 0.2) is 0 Å². The Labute approximate surface area is 159 Å².